The van der Waals surface area contributed by atoms with Crippen LogP contribution in [0.3, 0.4) is 0 Å². The molecule has 0 aliphatic heterocycles. The van der Waals surface area contributed by atoms with E-state index in [4.69, 9.17) is 0 Å². The summed E-state index contributed by atoms with van der Waals surface area (Å²) in [6, 6.07) is 0. The van der Waals surface area contributed by atoms with Crippen LogP contribution in [0.2, 0.25) is 0 Å². The molecular weight excluding hydrogens is 258 g/mol. The molecule has 0 unspecified atom stereocenters. The van der Waals surface area contributed by atoms with Gasteiger partial charge < -0.3 is 37.1 Å². The summed E-state index contributed by atoms with van der Waals surface area (Å²) >= 11 is 0. The first-order chi connectivity index (χ1) is 5.12. The molecule has 0 aromatic carbocycles. The molecule has 0 saturated carbocycles. The van der Waals surface area contributed by atoms with Gasteiger partial charge in [-0.1, -0.05) is 0 Å². The number of rotatable bonds is 2. The van der Waals surface area contributed by atoms with Crippen LogP contribution in [0.1, 0.15) is 0 Å². The fraction of sp³-hybridized carbons (Fsp3) is 0. The largest absolute Gasteiger partial charge is 4.00 e. The summed E-state index contributed by atoms with van der Waals surface area (Å²) in [5.74, 6) is 0. The molecule has 0 bridgehead atoms. The smallest absolute Gasteiger partial charge is 0.791 e. The third-order valence-electron chi connectivity index (χ3n) is 0.447. The minimum Gasteiger partial charge on any atom is -0.791 e. The SMILES string of the molecule is O=P([O-])([O-])O[SiH3].O=P([O-])([O-])O[SiH3].[C+4]. The Morgan fingerprint density at radius 3 is 0.923 bits per heavy atom. The van der Waals surface area contributed by atoms with Gasteiger partial charge in [-0.05, 0) is 0 Å². The predicted octanol–water partition coefficient (Wildman–Crippen LogP) is -5.69. The monoisotopic (exact) mass is 264 g/mol. The number of phosphoric acid groups is 2. The normalized spacial score (nSPS) is 11.4. The van der Waals surface area contributed by atoms with E-state index in [-0.39, 0.29) is 28.4 Å². The summed E-state index contributed by atoms with van der Waals surface area (Å²) in [5.41, 5.74) is 0. The van der Waals surface area contributed by atoms with Gasteiger partial charge >= 0.3 is 7.43 Å². The number of hydrogen-bond donors (Lipinski definition) is 0. The summed E-state index contributed by atoms with van der Waals surface area (Å²) in [7, 11) is -9.25. The van der Waals surface area contributed by atoms with Crippen LogP contribution in [-0.4, -0.2) is 21.0 Å². The molecule has 0 aliphatic rings. The molecule has 0 saturated heterocycles. The van der Waals surface area contributed by atoms with Gasteiger partial charge in [-0.15, -0.1) is 0 Å². The first kappa shape index (κ1) is 19.3. The summed E-state index contributed by atoms with van der Waals surface area (Å²) in [4.78, 5) is 37.1. The quantitative estimate of drug-likeness (QED) is 0.354. The van der Waals surface area contributed by atoms with E-state index in [2.05, 4.69) is 8.43 Å². The van der Waals surface area contributed by atoms with Crippen molar-refractivity contribution in [3.8, 4) is 0 Å². The molecule has 0 aromatic rings. The zero-order valence-corrected chi connectivity index (χ0v) is 12.4. The van der Waals surface area contributed by atoms with E-state index in [0.717, 1.165) is 0 Å². The fourth-order valence-corrected chi connectivity index (χ4v) is 0. The fourth-order valence-electron chi connectivity index (χ4n) is 0. The van der Waals surface area contributed by atoms with E-state index >= 15 is 0 Å². The van der Waals surface area contributed by atoms with E-state index in [1.54, 1.807) is 0 Å². The van der Waals surface area contributed by atoms with Crippen LogP contribution in [0.25, 0.3) is 0 Å². The second kappa shape index (κ2) is 8.00. The van der Waals surface area contributed by atoms with Crippen LogP contribution in [-0.2, 0) is 17.6 Å². The molecule has 0 spiro atoms. The zero-order valence-electron chi connectivity index (χ0n) is 6.66. The molecule has 0 fully saturated rings. The molecule has 0 N–H and O–H groups in total. The maximum Gasteiger partial charge on any atom is 4.00 e. The molecule has 8 nitrogen and oxygen atoms in total. The van der Waals surface area contributed by atoms with Gasteiger partial charge in [0.05, 0.1) is 0 Å². The van der Waals surface area contributed by atoms with Crippen molar-refractivity contribution in [2.24, 2.45) is 0 Å². The molecule has 0 heterocycles. The maximum atomic E-state index is 9.28. The summed E-state index contributed by atoms with van der Waals surface area (Å²) in [6.07, 6.45) is 0. The molecule has 0 radical (unpaired) electrons. The summed E-state index contributed by atoms with van der Waals surface area (Å²) in [5, 5.41) is 0. The van der Waals surface area contributed by atoms with E-state index in [9.17, 15) is 28.7 Å². The van der Waals surface area contributed by atoms with Gasteiger partial charge in [0.1, 0.15) is 0 Å². The van der Waals surface area contributed by atoms with Crippen molar-refractivity contribution in [3.05, 3.63) is 7.43 Å². The molecule has 0 aliphatic carbocycles. The van der Waals surface area contributed by atoms with Crippen LogP contribution < -0.4 is 19.6 Å². The standard InChI is InChI=1S/C.2H5O4PSi/c;2*1-5(2,3)4-6/h;2*6H3,(H2,1,2,3)/q+4;;/p-4. The summed E-state index contributed by atoms with van der Waals surface area (Å²) in [6.45, 7) is 0. The van der Waals surface area contributed by atoms with Crippen LogP contribution in [0, 0.1) is 7.43 Å². The summed E-state index contributed by atoms with van der Waals surface area (Å²) < 4.78 is 25.6. The predicted molar refractivity (Wildman–Crippen MR) is 40.5 cm³/mol. The Labute approximate surface area is 81.8 Å². The molecule has 13 heavy (non-hydrogen) atoms. The molecule has 0 rings (SSSR count). The van der Waals surface area contributed by atoms with Crippen molar-refractivity contribution in [2.45, 2.75) is 0 Å². The van der Waals surface area contributed by atoms with Gasteiger partial charge in [-0.25, -0.2) is 0 Å². The Hall–Kier alpha value is 0.654. The minimum absolute atomic E-state index is 0. The van der Waals surface area contributed by atoms with Crippen LogP contribution >= 0.6 is 15.6 Å². The average molecular weight is 264 g/mol. The molecule has 0 aromatic heterocycles. The number of hydrogen-bond acceptors (Lipinski definition) is 8. The van der Waals surface area contributed by atoms with E-state index in [1.807, 2.05) is 0 Å². The second-order valence-corrected chi connectivity index (χ2v) is 5.97. The maximum absolute atomic E-state index is 9.28. The van der Waals surface area contributed by atoms with Crippen molar-refractivity contribution in [1.29, 1.82) is 0 Å². The second-order valence-electron chi connectivity index (χ2n) is 1.26. The third kappa shape index (κ3) is 32.4. The van der Waals surface area contributed by atoms with Crippen molar-refractivity contribution >= 4 is 36.6 Å². The van der Waals surface area contributed by atoms with E-state index in [1.165, 1.54) is 0 Å². The Morgan fingerprint density at radius 2 is 0.923 bits per heavy atom. The Balaban J connectivity index is -0.000000143. The Bertz CT molecular complexity index is 170. The minimum atomic E-state index is -4.58. The third-order valence-corrected chi connectivity index (χ3v) is 4.02. The Kier molecular flexibility index (Phi) is 11.9. The molecule has 76 valence electrons. The van der Waals surface area contributed by atoms with E-state index in [0.29, 0.717) is 0 Å². The van der Waals surface area contributed by atoms with Crippen LogP contribution in [0.15, 0.2) is 0 Å². The first-order valence-electron chi connectivity index (χ1n) is 2.28. The van der Waals surface area contributed by atoms with Crippen molar-refractivity contribution < 1.29 is 37.1 Å². The molecular formula is CH6O8P2Si2. The molecule has 12 heteroatoms. The Morgan fingerprint density at radius 1 is 0.846 bits per heavy atom. The van der Waals surface area contributed by atoms with Crippen molar-refractivity contribution in [2.75, 3.05) is 0 Å². The van der Waals surface area contributed by atoms with Gasteiger partial charge in [-0.3, -0.25) is 0 Å². The topological polar surface area (TPSA) is 145 Å². The van der Waals surface area contributed by atoms with Gasteiger partial charge in [0.15, 0.2) is 21.0 Å². The molecule has 0 atom stereocenters. The zero-order chi connectivity index (χ0) is 10.4. The van der Waals surface area contributed by atoms with Gasteiger partial charge in [0.2, 0.25) is 0 Å². The first-order valence-corrected chi connectivity index (χ1v) is 6.83. The van der Waals surface area contributed by atoms with Crippen LogP contribution in [0.4, 0.5) is 0 Å². The van der Waals surface area contributed by atoms with Gasteiger partial charge in [-0.2, -0.15) is 0 Å². The van der Waals surface area contributed by atoms with Gasteiger partial charge in [0.25, 0.3) is 0 Å². The average Bonchev–Trinajstić information content (AvgIpc) is 1.86. The van der Waals surface area contributed by atoms with E-state index < -0.39 is 15.6 Å². The van der Waals surface area contributed by atoms with Crippen molar-refractivity contribution in [1.82, 2.24) is 0 Å². The van der Waals surface area contributed by atoms with Crippen molar-refractivity contribution in [3.63, 3.8) is 0 Å². The molecule has 0 amide bonds. The van der Waals surface area contributed by atoms with Crippen LogP contribution in [0.5, 0.6) is 0 Å². The van der Waals surface area contributed by atoms with Gasteiger partial charge in [0, 0.05) is 15.6 Å².